The molecule has 0 aliphatic heterocycles. The van der Waals surface area contributed by atoms with Crippen molar-refractivity contribution < 1.29 is 0 Å². The summed E-state index contributed by atoms with van der Waals surface area (Å²) >= 11 is 17.7. The zero-order chi connectivity index (χ0) is 9.42. The third-order valence-corrected chi connectivity index (χ3v) is 2.54. The first-order chi connectivity index (χ1) is 6.18. The van der Waals surface area contributed by atoms with Crippen molar-refractivity contribution >= 4 is 45.7 Å². The maximum atomic E-state index is 5.96. The molecule has 0 aliphatic carbocycles. The lowest BCUT2D eigenvalue weighted by Crippen LogP contribution is -1.80. The van der Waals surface area contributed by atoms with E-state index in [-0.39, 0.29) is 0 Å². The van der Waals surface area contributed by atoms with Crippen molar-refractivity contribution in [2.24, 2.45) is 0 Å². The predicted molar refractivity (Wildman–Crippen MR) is 56.8 cm³/mol. The van der Waals surface area contributed by atoms with E-state index in [0.717, 1.165) is 5.39 Å². The largest absolute Gasteiger partial charge is 0.256 e. The van der Waals surface area contributed by atoms with Crippen LogP contribution in [0, 0.1) is 0 Å². The third-order valence-electron chi connectivity index (χ3n) is 1.71. The molecule has 0 bridgehead atoms. The Balaban J connectivity index is 2.94. The monoisotopic (exact) mass is 231 g/mol. The Morgan fingerprint density at radius 3 is 2.54 bits per heavy atom. The van der Waals surface area contributed by atoms with Crippen LogP contribution in [-0.4, -0.2) is 4.98 Å². The minimum Gasteiger partial charge on any atom is -0.256 e. The first-order valence-electron chi connectivity index (χ1n) is 3.58. The summed E-state index contributed by atoms with van der Waals surface area (Å²) in [7, 11) is 0. The van der Waals surface area contributed by atoms with Crippen LogP contribution in [0.25, 0.3) is 10.9 Å². The van der Waals surface area contributed by atoms with Gasteiger partial charge < -0.3 is 0 Å². The number of hydrogen-bond donors (Lipinski definition) is 0. The standard InChI is InChI=1S/C9H4Cl3N/c10-5-3-7(12)9-6(11)1-2-13-8(9)4-5/h1-4H. The van der Waals surface area contributed by atoms with Crippen LogP contribution in [-0.2, 0) is 0 Å². The van der Waals surface area contributed by atoms with E-state index in [1.165, 1.54) is 0 Å². The molecule has 1 aromatic heterocycles. The van der Waals surface area contributed by atoms with Gasteiger partial charge in [0.1, 0.15) is 0 Å². The number of rotatable bonds is 0. The van der Waals surface area contributed by atoms with E-state index in [1.54, 1.807) is 24.4 Å². The molecule has 0 N–H and O–H groups in total. The van der Waals surface area contributed by atoms with Crippen LogP contribution < -0.4 is 0 Å². The molecule has 1 nitrogen and oxygen atoms in total. The van der Waals surface area contributed by atoms with Gasteiger partial charge in [-0.25, -0.2) is 0 Å². The number of fused-ring (bicyclic) bond motifs is 1. The van der Waals surface area contributed by atoms with Crippen LogP contribution in [0.3, 0.4) is 0 Å². The third kappa shape index (κ3) is 1.60. The highest BCUT2D eigenvalue weighted by atomic mass is 35.5. The molecule has 0 saturated carbocycles. The molecule has 2 rings (SSSR count). The first-order valence-corrected chi connectivity index (χ1v) is 4.71. The van der Waals surface area contributed by atoms with Gasteiger partial charge in [-0.2, -0.15) is 0 Å². The Kier molecular flexibility index (Phi) is 2.33. The molecule has 0 unspecified atom stereocenters. The summed E-state index contributed by atoms with van der Waals surface area (Å²) in [5.74, 6) is 0. The second kappa shape index (κ2) is 3.33. The number of aromatic nitrogens is 1. The molecule has 1 heterocycles. The summed E-state index contributed by atoms with van der Waals surface area (Å²) in [6.07, 6.45) is 1.62. The fraction of sp³-hybridized carbons (Fsp3) is 0. The van der Waals surface area contributed by atoms with E-state index < -0.39 is 0 Å². The second-order valence-electron chi connectivity index (χ2n) is 2.57. The average molecular weight is 232 g/mol. The van der Waals surface area contributed by atoms with E-state index in [9.17, 15) is 0 Å². The topological polar surface area (TPSA) is 12.9 Å². The predicted octanol–water partition coefficient (Wildman–Crippen LogP) is 4.20. The maximum Gasteiger partial charge on any atom is 0.0746 e. The highest BCUT2D eigenvalue weighted by Gasteiger charge is 2.05. The van der Waals surface area contributed by atoms with Gasteiger partial charge in [0, 0.05) is 16.6 Å². The van der Waals surface area contributed by atoms with Gasteiger partial charge in [-0.1, -0.05) is 34.8 Å². The van der Waals surface area contributed by atoms with Crippen LogP contribution in [0.2, 0.25) is 15.1 Å². The van der Waals surface area contributed by atoms with E-state index >= 15 is 0 Å². The zero-order valence-corrected chi connectivity index (χ0v) is 8.66. The van der Waals surface area contributed by atoms with Crippen molar-refractivity contribution in [3.8, 4) is 0 Å². The van der Waals surface area contributed by atoms with E-state index in [1.807, 2.05) is 0 Å². The molecule has 0 spiro atoms. The van der Waals surface area contributed by atoms with Crippen molar-refractivity contribution in [3.05, 3.63) is 39.5 Å². The van der Waals surface area contributed by atoms with E-state index in [4.69, 9.17) is 34.8 Å². The van der Waals surface area contributed by atoms with Crippen molar-refractivity contribution in [2.45, 2.75) is 0 Å². The van der Waals surface area contributed by atoms with Crippen molar-refractivity contribution in [1.29, 1.82) is 0 Å². The van der Waals surface area contributed by atoms with Gasteiger partial charge in [0.2, 0.25) is 0 Å². The molecule has 13 heavy (non-hydrogen) atoms. The molecular formula is C9H4Cl3N. The minimum atomic E-state index is 0.528. The molecule has 66 valence electrons. The maximum absolute atomic E-state index is 5.96. The molecule has 0 saturated heterocycles. The van der Waals surface area contributed by atoms with Crippen LogP contribution in [0.4, 0.5) is 0 Å². The molecule has 0 amide bonds. The summed E-state index contributed by atoms with van der Waals surface area (Å²) in [5.41, 5.74) is 0.713. The summed E-state index contributed by atoms with van der Waals surface area (Å²) in [6, 6.07) is 5.08. The van der Waals surface area contributed by atoms with Crippen LogP contribution in [0.1, 0.15) is 0 Å². The van der Waals surface area contributed by atoms with Crippen LogP contribution in [0.5, 0.6) is 0 Å². The first kappa shape index (κ1) is 9.07. The molecule has 0 fully saturated rings. The lowest BCUT2D eigenvalue weighted by molar-refractivity contribution is 1.41. The molecule has 0 aliphatic rings. The number of benzene rings is 1. The van der Waals surface area contributed by atoms with E-state index in [0.29, 0.717) is 20.6 Å². The quantitative estimate of drug-likeness (QED) is 0.663. The number of halogens is 3. The Bertz CT molecular complexity index is 468. The lowest BCUT2D eigenvalue weighted by Gasteiger charge is -2.02. The second-order valence-corrected chi connectivity index (χ2v) is 3.83. The highest BCUT2D eigenvalue weighted by Crippen LogP contribution is 2.31. The van der Waals surface area contributed by atoms with Crippen molar-refractivity contribution in [3.63, 3.8) is 0 Å². The number of nitrogens with zero attached hydrogens (tertiary/aromatic N) is 1. The highest BCUT2D eigenvalue weighted by molar-refractivity contribution is 6.43. The molecular weight excluding hydrogens is 228 g/mol. The summed E-state index contributed by atoms with van der Waals surface area (Å²) in [6.45, 7) is 0. The normalized spacial score (nSPS) is 10.7. The number of pyridine rings is 1. The average Bonchev–Trinajstić information content (AvgIpc) is 2.02. The summed E-state index contributed by atoms with van der Waals surface area (Å²) in [5, 5.41) is 2.43. The van der Waals surface area contributed by atoms with Crippen LogP contribution >= 0.6 is 34.8 Å². The van der Waals surface area contributed by atoms with Crippen LogP contribution in [0.15, 0.2) is 24.4 Å². The molecule has 2 aromatic rings. The van der Waals surface area contributed by atoms with Gasteiger partial charge in [-0.05, 0) is 18.2 Å². The van der Waals surface area contributed by atoms with Crippen molar-refractivity contribution in [2.75, 3.05) is 0 Å². The molecule has 0 radical (unpaired) electrons. The molecule has 0 atom stereocenters. The van der Waals surface area contributed by atoms with Gasteiger partial charge in [0.15, 0.2) is 0 Å². The Labute approximate surface area is 90.2 Å². The number of hydrogen-bond acceptors (Lipinski definition) is 1. The Hall–Kier alpha value is -0.500. The smallest absolute Gasteiger partial charge is 0.0746 e. The lowest BCUT2D eigenvalue weighted by atomic mass is 10.2. The molecule has 4 heteroatoms. The van der Waals surface area contributed by atoms with Gasteiger partial charge >= 0.3 is 0 Å². The fourth-order valence-corrected chi connectivity index (χ4v) is 2.05. The SMILES string of the molecule is Clc1cc(Cl)c2c(Cl)ccnc2c1. The van der Waals surface area contributed by atoms with Crippen molar-refractivity contribution in [1.82, 2.24) is 4.98 Å². The fourth-order valence-electron chi connectivity index (χ4n) is 1.16. The zero-order valence-electron chi connectivity index (χ0n) is 6.39. The van der Waals surface area contributed by atoms with Gasteiger partial charge in [-0.3, -0.25) is 4.98 Å². The summed E-state index contributed by atoms with van der Waals surface area (Å²) in [4.78, 5) is 4.11. The van der Waals surface area contributed by atoms with Gasteiger partial charge in [0.25, 0.3) is 0 Å². The summed E-state index contributed by atoms with van der Waals surface area (Å²) < 4.78 is 0. The van der Waals surface area contributed by atoms with Gasteiger partial charge in [-0.15, -0.1) is 0 Å². The Morgan fingerprint density at radius 2 is 1.77 bits per heavy atom. The van der Waals surface area contributed by atoms with Gasteiger partial charge in [0.05, 0.1) is 15.6 Å². The molecule has 1 aromatic carbocycles. The minimum absolute atomic E-state index is 0.528. The van der Waals surface area contributed by atoms with E-state index in [2.05, 4.69) is 4.98 Å². The Morgan fingerprint density at radius 1 is 1.00 bits per heavy atom.